The van der Waals surface area contributed by atoms with Gasteiger partial charge in [0.15, 0.2) is 0 Å². The predicted molar refractivity (Wildman–Crippen MR) is 146 cm³/mol. The predicted octanol–water partition coefficient (Wildman–Crippen LogP) is 5.61. The van der Waals surface area contributed by atoms with Gasteiger partial charge in [0.2, 0.25) is 5.95 Å². The van der Waals surface area contributed by atoms with Crippen molar-refractivity contribution in [3.05, 3.63) is 76.6 Å². The van der Waals surface area contributed by atoms with Crippen LogP contribution in [0.4, 0.5) is 35.3 Å². The number of anilines is 3. The van der Waals surface area contributed by atoms with E-state index in [1.165, 1.54) is 6.07 Å². The van der Waals surface area contributed by atoms with Crippen LogP contribution < -0.4 is 15.1 Å². The highest BCUT2D eigenvalue weighted by atomic mass is 19.4. The number of carboxylic acid groups (broad SMARTS) is 1. The molecule has 9 nitrogen and oxygen atoms in total. The molecule has 0 spiro atoms. The number of alkyl halides is 3. The molecule has 0 bridgehead atoms. The second-order valence-corrected chi connectivity index (χ2v) is 10.0. The van der Waals surface area contributed by atoms with Crippen molar-refractivity contribution >= 4 is 23.4 Å². The molecule has 2 atom stereocenters. The molecule has 0 saturated carbocycles. The molecule has 1 saturated heterocycles. The van der Waals surface area contributed by atoms with Gasteiger partial charge in [0.1, 0.15) is 0 Å². The van der Waals surface area contributed by atoms with E-state index in [0.29, 0.717) is 50.4 Å². The Labute approximate surface area is 235 Å². The molecule has 3 heterocycles. The Morgan fingerprint density at radius 3 is 2.66 bits per heavy atom. The SMILES string of the molecule is CC[C@@H]1C[C@H](Nc2ncc(N3CCOCC3)c(Cc3cccc(C#N)c3)n2)c2cc(C(F)(F)F)ccc2N1C(=O)O. The number of aromatic nitrogens is 2. The third kappa shape index (κ3) is 6.05. The number of carbonyl (C=O) groups is 1. The normalized spacial score (nSPS) is 18.9. The minimum absolute atomic E-state index is 0.208. The van der Waals surface area contributed by atoms with Crippen LogP contribution in [0.1, 0.15) is 53.8 Å². The molecule has 2 aliphatic heterocycles. The third-order valence-corrected chi connectivity index (χ3v) is 7.47. The lowest BCUT2D eigenvalue weighted by molar-refractivity contribution is -0.137. The van der Waals surface area contributed by atoms with Gasteiger partial charge < -0.3 is 20.1 Å². The van der Waals surface area contributed by atoms with E-state index in [-0.39, 0.29) is 23.6 Å². The van der Waals surface area contributed by atoms with Crippen LogP contribution in [0.25, 0.3) is 0 Å². The molecule has 1 fully saturated rings. The van der Waals surface area contributed by atoms with Crippen LogP contribution in [0.15, 0.2) is 48.7 Å². The molecule has 0 unspecified atom stereocenters. The summed E-state index contributed by atoms with van der Waals surface area (Å²) in [4.78, 5) is 24.7. The molecular formula is C29H29F3N6O3. The van der Waals surface area contributed by atoms with E-state index >= 15 is 0 Å². The molecule has 5 rings (SSSR count). The van der Waals surface area contributed by atoms with Crippen molar-refractivity contribution in [3.63, 3.8) is 0 Å². The summed E-state index contributed by atoms with van der Waals surface area (Å²) in [5, 5.41) is 22.4. The number of halogens is 3. The van der Waals surface area contributed by atoms with Crippen LogP contribution in [0.2, 0.25) is 0 Å². The van der Waals surface area contributed by atoms with Gasteiger partial charge in [-0.3, -0.25) is 4.90 Å². The van der Waals surface area contributed by atoms with E-state index in [1.54, 1.807) is 24.4 Å². The van der Waals surface area contributed by atoms with Crippen molar-refractivity contribution in [2.24, 2.45) is 0 Å². The summed E-state index contributed by atoms with van der Waals surface area (Å²) < 4.78 is 46.4. The van der Waals surface area contributed by atoms with E-state index < -0.39 is 29.9 Å². The van der Waals surface area contributed by atoms with Crippen LogP contribution in [0.3, 0.4) is 0 Å². The number of nitriles is 1. The van der Waals surface area contributed by atoms with Gasteiger partial charge in [0.05, 0.1) is 59.7 Å². The summed E-state index contributed by atoms with van der Waals surface area (Å²) >= 11 is 0. The average molecular weight is 567 g/mol. The van der Waals surface area contributed by atoms with Gasteiger partial charge in [0, 0.05) is 25.6 Å². The van der Waals surface area contributed by atoms with Crippen LogP contribution >= 0.6 is 0 Å². The van der Waals surface area contributed by atoms with Gasteiger partial charge in [-0.25, -0.2) is 14.8 Å². The van der Waals surface area contributed by atoms with Crippen molar-refractivity contribution in [3.8, 4) is 6.07 Å². The fourth-order valence-corrected chi connectivity index (χ4v) is 5.45. The Balaban J connectivity index is 1.53. The summed E-state index contributed by atoms with van der Waals surface area (Å²) in [6.45, 7) is 4.26. The van der Waals surface area contributed by atoms with Gasteiger partial charge in [-0.1, -0.05) is 19.1 Å². The number of hydrogen-bond acceptors (Lipinski definition) is 7. The van der Waals surface area contributed by atoms with E-state index in [4.69, 9.17) is 9.72 Å². The molecule has 0 aliphatic carbocycles. The largest absolute Gasteiger partial charge is 0.465 e. The standard InChI is InChI=1S/C29H29F3N6O3/c1-2-21-15-23(22-14-20(29(30,31)32)6-7-25(22)38(21)28(39)40)35-27-34-17-26(37-8-10-41-11-9-37)24(36-27)13-18-4-3-5-19(12-18)16-33/h3-7,12,14,17,21,23H,2,8-11,13,15H2,1H3,(H,39,40)(H,34,35,36)/t21-,23+/m1/s1. The van der Waals surface area contributed by atoms with Gasteiger partial charge in [-0.15, -0.1) is 0 Å². The molecule has 2 aromatic carbocycles. The number of morpholine rings is 1. The highest BCUT2D eigenvalue weighted by Gasteiger charge is 2.39. The quantitative estimate of drug-likeness (QED) is 0.396. The molecule has 2 N–H and O–H groups in total. The Morgan fingerprint density at radius 2 is 1.98 bits per heavy atom. The first kappa shape index (κ1) is 28.2. The number of amides is 1. The summed E-state index contributed by atoms with van der Waals surface area (Å²) in [5.41, 5.74) is 2.48. The Hall–Kier alpha value is -4.37. The maximum atomic E-state index is 13.6. The Morgan fingerprint density at radius 1 is 1.20 bits per heavy atom. The highest BCUT2D eigenvalue weighted by molar-refractivity contribution is 5.89. The summed E-state index contributed by atoms with van der Waals surface area (Å²) in [5.74, 6) is 0.223. The first-order valence-electron chi connectivity index (χ1n) is 13.4. The van der Waals surface area contributed by atoms with E-state index in [9.17, 15) is 28.3 Å². The molecule has 0 radical (unpaired) electrons. The number of nitrogens with zero attached hydrogens (tertiary/aromatic N) is 5. The summed E-state index contributed by atoms with van der Waals surface area (Å²) in [6.07, 6.45) is -2.99. The van der Waals surface area contributed by atoms with Gasteiger partial charge in [0.25, 0.3) is 0 Å². The Kier molecular flexibility index (Phi) is 7.99. The van der Waals surface area contributed by atoms with Gasteiger partial charge >= 0.3 is 12.3 Å². The summed E-state index contributed by atoms with van der Waals surface area (Å²) in [7, 11) is 0. The first-order valence-corrected chi connectivity index (χ1v) is 13.4. The lowest BCUT2D eigenvalue weighted by Gasteiger charge is -2.39. The van der Waals surface area contributed by atoms with Crippen LogP contribution in [0, 0.1) is 11.3 Å². The molecule has 214 valence electrons. The molecular weight excluding hydrogens is 537 g/mol. The molecule has 3 aromatic rings. The number of rotatable bonds is 6. The minimum Gasteiger partial charge on any atom is -0.465 e. The van der Waals surface area contributed by atoms with Crippen molar-refractivity contribution in [2.45, 2.75) is 44.4 Å². The third-order valence-electron chi connectivity index (χ3n) is 7.47. The molecule has 1 amide bonds. The number of nitrogens with one attached hydrogen (secondary N) is 1. The van der Waals surface area contributed by atoms with Crippen molar-refractivity contribution in [1.82, 2.24) is 9.97 Å². The first-order chi connectivity index (χ1) is 19.7. The monoisotopic (exact) mass is 566 g/mol. The highest BCUT2D eigenvalue weighted by Crippen LogP contribution is 2.43. The number of fused-ring (bicyclic) bond motifs is 1. The molecule has 2 aliphatic rings. The van der Waals surface area contributed by atoms with E-state index in [0.717, 1.165) is 28.3 Å². The fourth-order valence-electron chi connectivity index (χ4n) is 5.45. The van der Waals surface area contributed by atoms with E-state index in [2.05, 4.69) is 21.3 Å². The lowest BCUT2D eigenvalue weighted by Crippen LogP contribution is -2.45. The molecule has 1 aromatic heterocycles. The topological polar surface area (TPSA) is 115 Å². The van der Waals surface area contributed by atoms with Gasteiger partial charge in [-0.05, 0) is 54.3 Å². The minimum atomic E-state index is -4.59. The van der Waals surface area contributed by atoms with Crippen LogP contribution in [0.5, 0.6) is 0 Å². The zero-order valence-corrected chi connectivity index (χ0v) is 22.4. The lowest BCUT2D eigenvalue weighted by atomic mass is 9.89. The smallest absolute Gasteiger partial charge is 0.416 e. The van der Waals surface area contributed by atoms with Crippen LogP contribution in [-0.4, -0.2) is 53.5 Å². The number of hydrogen-bond donors (Lipinski definition) is 2. The fraction of sp³-hybridized carbons (Fsp3) is 0.379. The van der Waals surface area contributed by atoms with Crippen molar-refractivity contribution in [2.75, 3.05) is 41.4 Å². The number of ether oxygens (including phenoxy) is 1. The molecule has 12 heteroatoms. The van der Waals surface area contributed by atoms with Crippen molar-refractivity contribution < 1.29 is 27.8 Å². The number of benzene rings is 2. The maximum Gasteiger partial charge on any atom is 0.416 e. The maximum absolute atomic E-state index is 13.6. The second-order valence-electron chi connectivity index (χ2n) is 10.0. The Bertz CT molecular complexity index is 1470. The van der Waals surface area contributed by atoms with Crippen molar-refractivity contribution in [1.29, 1.82) is 5.26 Å². The summed E-state index contributed by atoms with van der Waals surface area (Å²) in [6, 6.07) is 11.4. The zero-order chi connectivity index (χ0) is 29.1. The zero-order valence-electron chi connectivity index (χ0n) is 22.4. The second kappa shape index (κ2) is 11.6. The van der Waals surface area contributed by atoms with E-state index in [1.807, 2.05) is 13.0 Å². The van der Waals surface area contributed by atoms with Crippen LogP contribution in [-0.2, 0) is 17.3 Å². The average Bonchev–Trinajstić information content (AvgIpc) is 2.96. The molecule has 41 heavy (non-hydrogen) atoms. The van der Waals surface area contributed by atoms with Gasteiger partial charge in [-0.2, -0.15) is 18.4 Å².